The molecule has 0 aromatic rings. The number of aliphatic hydroxyl groups is 1. The van der Waals surface area contributed by atoms with Gasteiger partial charge in [0.2, 0.25) is 0 Å². The molecule has 0 aromatic heterocycles. The molecule has 0 saturated carbocycles. The Labute approximate surface area is 112 Å². The molecule has 0 spiro atoms. The van der Waals surface area contributed by atoms with Crippen LogP contribution in [0.25, 0.3) is 0 Å². The molecular formula is C14H30N2O2. The highest BCUT2D eigenvalue weighted by atomic mass is 16.5. The fourth-order valence-corrected chi connectivity index (χ4v) is 3.44. The zero-order chi connectivity index (χ0) is 14.1. The molecule has 0 bridgehead atoms. The van der Waals surface area contributed by atoms with Crippen molar-refractivity contribution in [2.45, 2.75) is 58.0 Å². The van der Waals surface area contributed by atoms with Gasteiger partial charge in [-0.25, -0.2) is 0 Å². The maximum Gasteiger partial charge on any atom is 0.0790 e. The van der Waals surface area contributed by atoms with E-state index in [9.17, 15) is 5.11 Å². The number of aliphatic hydroxyl groups excluding tert-OH is 1. The molecule has 1 fully saturated rings. The van der Waals surface area contributed by atoms with Crippen LogP contribution >= 0.6 is 0 Å². The molecule has 4 nitrogen and oxygen atoms in total. The third kappa shape index (κ3) is 3.44. The van der Waals surface area contributed by atoms with Crippen LogP contribution in [-0.4, -0.2) is 60.5 Å². The molecule has 4 heteroatoms. The first kappa shape index (κ1) is 15.9. The smallest absolute Gasteiger partial charge is 0.0790 e. The Bertz CT molecular complexity index is 277. The number of nitrogens with one attached hydrogen (secondary N) is 1. The fraction of sp³-hybridized carbons (Fsp3) is 1.00. The summed E-state index contributed by atoms with van der Waals surface area (Å²) in [7, 11) is 4.06. The average molecular weight is 258 g/mol. The lowest BCUT2D eigenvalue weighted by atomic mass is 9.82. The second-order valence-electron chi connectivity index (χ2n) is 6.75. The van der Waals surface area contributed by atoms with Gasteiger partial charge in [-0.1, -0.05) is 0 Å². The normalized spacial score (nSPS) is 31.8. The molecule has 0 aromatic carbocycles. The maximum absolute atomic E-state index is 9.46. The van der Waals surface area contributed by atoms with E-state index in [2.05, 4.69) is 45.0 Å². The van der Waals surface area contributed by atoms with Gasteiger partial charge in [-0.05, 0) is 48.7 Å². The van der Waals surface area contributed by atoms with Crippen LogP contribution in [0, 0.1) is 5.92 Å². The van der Waals surface area contributed by atoms with Gasteiger partial charge in [-0.2, -0.15) is 0 Å². The van der Waals surface area contributed by atoms with Crippen LogP contribution in [0.3, 0.4) is 0 Å². The Balaban J connectivity index is 2.78. The summed E-state index contributed by atoms with van der Waals surface area (Å²) in [6, 6.07) is 0.323. The summed E-state index contributed by atoms with van der Waals surface area (Å²) in [4.78, 5) is 2.19. The van der Waals surface area contributed by atoms with Crippen molar-refractivity contribution in [3.63, 3.8) is 0 Å². The Morgan fingerprint density at radius 3 is 2.28 bits per heavy atom. The Hall–Kier alpha value is -0.160. The van der Waals surface area contributed by atoms with Gasteiger partial charge in [0.15, 0.2) is 0 Å². The first-order valence-corrected chi connectivity index (χ1v) is 6.84. The minimum Gasteiger partial charge on any atom is -0.392 e. The van der Waals surface area contributed by atoms with Gasteiger partial charge < -0.3 is 20.1 Å². The lowest BCUT2D eigenvalue weighted by Crippen LogP contribution is -2.49. The number of ether oxygens (including phenoxy) is 1. The number of hydrogen-bond donors (Lipinski definition) is 2. The van der Waals surface area contributed by atoms with E-state index in [0.29, 0.717) is 18.5 Å². The van der Waals surface area contributed by atoms with Gasteiger partial charge in [0.05, 0.1) is 17.3 Å². The summed E-state index contributed by atoms with van der Waals surface area (Å²) in [6.45, 7) is 12.1. The van der Waals surface area contributed by atoms with Crippen LogP contribution in [0.2, 0.25) is 0 Å². The van der Waals surface area contributed by atoms with Crippen molar-refractivity contribution in [1.29, 1.82) is 0 Å². The van der Waals surface area contributed by atoms with Gasteiger partial charge in [0.1, 0.15) is 0 Å². The van der Waals surface area contributed by atoms with Crippen LogP contribution in [-0.2, 0) is 4.74 Å². The molecule has 1 aliphatic rings. The zero-order valence-electron chi connectivity index (χ0n) is 12.9. The van der Waals surface area contributed by atoms with E-state index in [4.69, 9.17) is 4.74 Å². The summed E-state index contributed by atoms with van der Waals surface area (Å²) in [6.07, 6.45) is -0.290. The topological polar surface area (TPSA) is 44.7 Å². The molecule has 0 radical (unpaired) electrons. The van der Waals surface area contributed by atoms with Crippen LogP contribution in [0.4, 0.5) is 0 Å². The number of hydrogen-bond acceptors (Lipinski definition) is 4. The summed E-state index contributed by atoms with van der Waals surface area (Å²) in [5, 5.41) is 12.9. The highest BCUT2D eigenvalue weighted by molar-refractivity contribution is 5.05. The fourth-order valence-electron chi connectivity index (χ4n) is 3.44. The summed E-state index contributed by atoms with van der Waals surface area (Å²) >= 11 is 0. The summed E-state index contributed by atoms with van der Waals surface area (Å²) in [5.74, 6) is 0.404. The average Bonchev–Trinajstić information content (AvgIpc) is 2.29. The molecule has 0 amide bonds. The second kappa shape index (κ2) is 5.45. The number of likely N-dealkylation sites (N-methyl/N-ethyl adjacent to an activating group) is 2. The zero-order valence-corrected chi connectivity index (χ0v) is 12.9. The van der Waals surface area contributed by atoms with Crippen LogP contribution in [0.15, 0.2) is 0 Å². The van der Waals surface area contributed by atoms with E-state index in [-0.39, 0.29) is 17.3 Å². The minimum atomic E-state index is -0.290. The van der Waals surface area contributed by atoms with E-state index in [1.165, 1.54) is 0 Å². The summed E-state index contributed by atoms with van der Waals surface area (Å²) in [5.41, 5.74) is -0.307. The van der Waals surface area contributed by atoms with Gasteiger partial charge in [-0.3, -0.25) is 0 Å². The Morgan fingerprint density at radius 1 is 1.28 bits per heavy atom. The van der Waals surface area contributed by atoms with Crippen molar-refractivity contribution in [2.24, 2.45) is 5.92 Å². The van der Waals surface area contributed by atoms with Crippen molar-refractivity contribution < 1.29 is 9.84 Å². The third-order valence-corrected chi connectivity index (χ3v) is 3.97. The predicted octanol–water partition coefficient (Wildman–Crippen LogP) is 1.09. The SMILES string of the molecule is CNC1C(CN(C)CC(C)O)C(C)(C)OC1(C)C. The maximum atomic E-state index is 9.46. The van der Waals surface area contributed by atoms with Crippen molar-refractivity contribution in [3.05, 3.63) is 0 Å². The van der Waals surface area contributed by atoms with Gasteiger partial charge in [0, 0.05) is 25.0 Å². The van der Waals surface area contributed by atoms with E-state index in [1.54, 1.807) is 0 Å². The monoisotopic (exact) mass is 258 g/mol. The van der Waals surface area contributed by atoms with Crippen LogP contribution in [0.5, 0.6) is 0 Å². The largest absolute Gasteiger partial charge is 0.392 e. The number of rotatable bonds is 5. The van der Waals surface area contributed by atoms with Gasteiger partial charge >= 0.3 is 0 Å². The van der Waals surface area contributed by atoms with E-state index in [1.807, 2.05) is 14.0 Å². The molecule has 1 aliphatic heterocycles. The first-order chi connectivity index (χ1) is 8.10. The third-order valence-electron chi connectivity index (χ3n) is 3.97. The molecule has 3 atom stereocenters. The Kier molecular flexibility index (Phi) is 4.81. The van der Waals surface area contributed by atoms with E-state index < -0.39 is 0 Å². The molecule has 2 N–H and O–H groups in total. The highest BCUT2D eigenvalue weighted by Gasteiger charge is 2.53. The minimum absolute atomic E-state index is 0.149. The highest BCUT2D eigenvalue weighted by Crippen LogP contribution is 2.42. The van der Waals surface area contributed by atoms with Crippen molar-refractivity contribution in [2.75, 3.05) is 27.2 Å². The van der Waals surface area contributed by atoms with E-state index >= 15 is 0 Å². The lowest BCUT2D eigenvalue weighted by molar-refractivity contribution is -0.0794. The molecule has 1 heterocycles. The molecule has 18 heavy (non-hydrogen) atoms. The second-order valence-corrected chi connectivity index (χ2v) is 6.75. The number of nitrogens with zero attached hydrogens (tertiary/aromatic N) is 1. The molecule has 1 saturated heterocycles. The Morgan fingerprint density at radius 2 is 1.83 bits per heavy atom. The molecule has 108 valence electrons. The molecular weight excluding hydrogens is 228 g/mol. The first-order valence-electron chi connectivity index (χ1n) is 6.84. The van der Waals surface area contributed by atoms with Crippen molar-refractivity contribution >= 4 is 0 Å². The van der Waals surface area contributed by atoms with Gasteiger partial charge in [0.25, 0.3) is 0 Å². The molecule has 1 rings (SSSR count). The van der Waals surface area contributed by atoms with Crippen LogP contribution in [0.1, 0.15) is 34.6 Å². The standard InChI is InChI=1S/C14H30N2O2/c1-10(17)8-16(7)9-11-12(15-6)14(4,5)18-13(11,2)3/h10-12,15,17H,8-9H2,1-7H3. The van der Waals surface area contributed by atoms with E-state index in [0.717, 1.165) is 6.54 Å². The molecule has 3 unspecified atom stereocenters. The van der Waals surface area contributed by atoms with Crippen molar-refractivity contribution in [1.82, 2.24) is 10.2 Å². The van der Waals surface area contributed by atoms with Gasteiger partial charge in [-0.15, -0.1) is 0 Å². The lowest BCUT2D eigenvalue weighted by Gasteiger charge is -2.33. The molecule has 0 aliphatic carbocycles. The summed E-state index contributed by atoms with van der Waals surface area (Å²) < 4.78 is 6.21. The van der Waals surface area contributed by atoms with Crippen LogP contribution < -0.4 is 5.32 Å². The predicted molar refractivity (Wildman–Crippen MR) is 74.8 cm³/mol. The van der Waals surface area contributed by atoms with Crippen molar-refractivity contribution in [3.8, 4) is 0 Å². The quantitative estimate of drug-likeness (QED) is 0.775.